The Balaban J connectivity index is 1.50. The zero-order valence-corrected chi connectivity index (χ0v) is 21.1. The van der Waals surface area contributed by atoms with Crippen LogP contribution in [0.2, 0.25) is 0 Å². The first-order valence-electron chi connectivity index (χ1n) is 11.9. The van der Waals surface area contributed by atoms with Gasteiger partial charge in [0.25, 0.3) is 5.91 Å². The first-order valence-corrected chi connectivity index (χ1v) is 12.7. The molecule has 0 atom stereocenters. The topological polar surface area (TPSA) is 103 Å². The minimum Gasteiger partial charge on any atom is -0.459 e. The fourth-order valence-electron chi connectivity index (χ4n) is 4.54. The van der Waals surface area contributed by atoms with Crippen molar-refractivity contribution >= 4 is 33.9 Å². The minimum atomic E-state index is -0.392. The standard InChI is InChI=1S/C25H28N6O3S/c1-5-30-15(4)17(13-27-30)19-10-11-26-21-12-18(29-31(19)21)23(32)28-24-22(25(33)34-14(2)3)16-8-6-7-9-20(16)35-24/h10-14H,5-9H2,1-4H3,(H,28,32). The maximum atomic E-state index is 13.3. The highest BCUT2D eigenvalue weighted by molar-refractivity contribution is 7.17. The molecule has 0 aliphatic heterocycles. The molecule has 1 amide bonds. The van der Waals surface area contributed by atoms with Gasteiger partial charge in [-0.3, -0.25) is 9.48 Å². The number of fused-ring (bicyclic) bond motifs is 2. The van der Waals surface area contributed by atoms with Gasteiger partial charge >= 0.3 is 5.97 Å². The van der Waals surface area contributed by atoms with E-state index in [-0.39, 0.29) is 17.7 Å². The molecule has 0 saturated heterocycles. The molecule has 0 saturated carbocycles. The summed E-state index contributed by atoms with van der Waals surface area (Å²) in [5.41, 5.74) is 5.01. The van der Waals surface area contributed by atoms with Crippen LogP contribution in [0.5, 0.6) is 0 Å². The average Bonchev–Trinajstić information content (AvgIpc) is 3.52. The van der Waals surface area contributed by atoms with Crippen LogP contribution < -0.4 is 5.32 Å². The molecule has 10 heteroatoms. The van der Waals surface area contributed by atoms with Crippen molar-refractivity contribution in [2.75, 3.05) is 5.32 Å². The SMILES string of the molecule is CCn1ncc(-c2ccnc3cc(C(=O)Nc4sc5c(c4C(=O)OC(C)C)CCCC5)nn23)c1C. The van der Waals surface area contributed by atoms with E-state index in [4.69, 9.17) is 4.74 Å². The monoisotopic (exact) mass is 492 g/mol. The molecule has 4 heterocycles. The quantitative estimate of drug-likeness (QED) is 0.392. The van der Waals surface area contributed by atoms with Gasteiger partial charge in [0.1, 0.15) is 5.00 Å². The van der Waals surface area contributed by atoms with Crippen LogP contribution in [0.25, 0.3) is 16.9 Å². The Kier molecular flexibility index (Phi) is 6.14. The Morgan fingerprint density at radius 1 is 1.26 bits per heavy atom. The van der Waals surface area contributed by atoms with Crippen LogP contribution in [0.1, 0.15) is 70.6 Å². The number of anilines is 1. The van der Waals surface area contributed by atoms with Crippen LogP contribution in [0.4, 0.5) is 5.00 Å². The molecular formula is C25H28N6O3S. The van der Waals surface area contributed by atoms with Gasteiger partial charge in [-0.15, -0.1) is 11.3 Å². The summed E-state index contributed by atoms with van der Waals surface area (Å²) in [5, 5.41) is 12.5. The molecule has 1 N–H and O–H groups in total. The summed E-state index contributed by atoms with van der Waals surface area (Å²) in [4.78, 5) is 31.7. The van der Waals surface area contributed by atoms with Crippen LogP contribution in [0.3, 0.4) is 0 Å². The second-order valence-electron chi connectivity index (χ2n) is 8.91. The van der Waals surface area contributed by atoms with E-state index in [0.29, 0.717) is 16.2 Å². The Hall–Kier alpha value is -3.53. The van der Waals surface area contributed by atoms with Gasteiger partial charge in [-0.1, -0.05) is 0 Å². The summed E-state index contributed by atoms with van der Waals surface area (Å²) in [6.45, 7) is 8.45. The largest absolute Gasteiger partial charge is 0.459 e. The van der Waals surface area contributed by atoms with Crippen molar-refractivity contribution in [2.45, 2.75) is 66.0 Å². The number of rotatable bonds is 6. The lowest BCUT2D eigenvalue weighted by Gasteiger charge is -2.14. The third kappa shape index (κ3) is 4.22. The van der Waals surface area contributed by atoms with Crippen molar-refractivity contribution < 1.29 is 14.3 Å². The Labute approximate surface area is 207 Å². The van der Waals surface area contributed by atoms with E-state index in [1.165, 1.54) is 11.3 Å². The van der Waals surface area contributed by atoms with Crippen molar-refractivity contribution in [1.29, 1.82) is 0 Å². The maximum Gasteiger partial charge on any atom is 0.341 e. The van der Waals surface area contributed by atoms with Gasteiger partial charge in [0.2, 0.25) is 0 Å². The van der Waals surface area contributed by atoms with Crippen LogP contribution in [0.15, 0.2) is 24.5 Å². The Morgan fingerprint density at radius 2 is 2.06 bits per heavy atom. The van der Waals surface area contributed by atoms with Gasteiger partial charge in [-0.05, 0) is 65.0 Å². The van der Waals surface area contributed by atoms with E-state index in [0.717, 1.165) is 59.6 Å². The molecule has 35 heavy (non-hydrogen) atoms. The van der Waals surface area contributed by atoms with Gasteiger partial charge in [-0.25, -0.2) is 14.3 Å². The Bertz CT molecular complexity index is 1430. The van der Waals surface area contributed by atoms with Crippen molar-refractivity contribution in [3.05, 3.63) is 51.9 Å². The number of esters is 1. The molecule has 1 aliphatic rings. The molecular weight excluding hydrogens is 464 g/mol. The number of carbonyl (C=O) groups is 2. The zero-order chi connectivity index (χ0) is 24.7. The summed E-state index contributed by atoms with van der Waals surface area (Å²) in [6, 6.07) is 3.51. The van der Waals surface area contributed by atoms with E-state index >= 15 is 0 Å². The number of carbonyl (C=O) groups excluding carboxylic acids is 2. The highest BCUT2D eigenvalue weighted by Gasteiger charge is 2.28. The molecule has 0 radical (unpaired) electrons. The van der Waals surface area contributed by atoms with Gasteiger partial charge in [0, 0.05) is 34.9 Å². The normalized spacial score (nSPS) is 13.3. The minimum absolute atomic E-state index is 0.222. The lowest BCUT2D eigenvalue weighted by Crippen LogP contribution is -2.18. The fraction of sp³-hybridized carbons (Fsp3) is 0.400. The average molecular weight is 493 g/mol. The van der Waals surface area contributed by atoms with Crippen molar-refractivity contribution in [3.63, 3.8) is 0 Å². The number of hydrogen-bond acceptors (Lipinski definition) is 7. The molecule has 4 aromatic heterocycles. The van der Waals surface area contributed by atoms with Crippen molar-refractivity contribution in [1.82, 2.24) is 24.4 Å². The molecule has 182 valence electrons. The zero-order valence-electron chi connectivity index (χ0n) is 20.3. The molecule has 9 nitrogen and oxygen atoms in total. The summed E-state index contributed by atoms with van der Waals surface area (Å²) >= 11 is 1.46. The molecule has 0 spiro atoms. The van der Waals surface area contributed by atoms with E-state index in [9.17, 15) is 9.59 Å². The summed E-state index contributed by atoms with van der Waals surface area (Å²) in [6.07, 6.45) is 7.08. The highest BCUT2D eigenvalue weighted by atomic mass is 32.1. The highest BCUT2D eigenvalue weighted by Crippen LogP contribution is 2.39. The van der Waals surface area contributed by atoms with Crippen LogP contribution in [-0.2, 0) is 24.1 Å². The van der Waals surface area contributed by atoms with Crippen LogP contribution in [-0.4, -0.2) is 42.4 Å². The molecule has 0 bridgehead atoms. The maximum absolute atomic E-state index is 13.3. The van der Waals surface area contributed by atoms with Gasteiger partial charge in [0.05, 0.1) is 23.6 Å². The van der Waals surface area contributed by atoms with E-state index < -0.39 is 5.97 Å². The second kappa shape index (κ2) is 9.26. The van der Waals surface area contributed by atoms with Crippen molar-refractivity contribution in [3.8, 4) is 11.3 Å². The van der Waals surface area contributed by atoms with Gasteiger partial charge in [0.15, 0.2) is 11.3 Å². The van der Waals surface area contributed by atoms with E-state index in [1.54, 1.807) is 23.0 Å². The molecule has 5 rings (SSSR count). The fourth-order valence-corrected chi connectivity index (χ4v) is 5.81. The number of aryl methyl sites for hydroxylation is 2. The van der Waals surface area contributed by atoms with Gasteiger partial charge < -0.3 is 10.1 Å². The number of amides is 1. The lowest BCUT2D eigenvalue weighted by molar-refractivity contribution is 0.0378. The van der Waals surface area contributed by atoms with E-state index in [2.05, 4.69) is 20.5 Å². The lowest BCUT2D eigenvalue weighted by atomic mass is 9.95. The summed E-state index contributed by atoms with van der Waals surface area (Å²) < 4.78 is 9.07. The first-order chi connectivity index (χ1) is 16.9. The number of nitrogens with zero attached hydrogens (tertiary/aromatic N) is 5. The molecule has 1 aliphatic carbocycles. The number of ether oxygens (including phenoxy) is 1. The van der Waals surface area contributed by atoms with Crippen LogP contribution >= 0.6 is 11.3 Å². The summed E-state index contributed by atoms with van der Waals surface area (Å²) in [5.74, 6) is -0.781. The molecule has 0 aromatic carbocycles. The number of aromatic nitrogens is 5. The van der Waals surface area contributed by atoms with E-state index in [1.807, 2.05) is 38.4 Å². The number of nitrogens with one attached hydrogen (secondary N) is 1. The number of hydrogen-bond donors (Lipinski definition) is 1. The van der Waals surface area contributed by atoms with Crippen LogP contribution in [0, 0.1) is 6.92 Å². The molecule has 4 aromatic rings. The third-order valence-corrected chi connectivity index (χ3v) is 7.42. The predicted molar refractivity (Wildman–Crippen MR) is 134 cm³/mol. The van der Waals surface area contributed by atoms with Gasteiger partial charge in [-0.2, -0.15) is 10.2 Å². The first kappa shape index (κ1) is 23.2. The molecule has 0 unspecified atom stereocenters. The third-order valence-electron chi connectivity index (χ3n) is 6.21. The number of thiophene rings is 1. The molecule has 0 fully saturated rings. The Morgan fingerprint density at radius 3 is 2.80 bits per heavy atom. The van der Waals surface area contributed by atoms with Crippen molar-refractivity contribution in [2.24, 2.45) is 0 Å². The second-order valence-corrected chi connectivity index (χ2v) is 10.0. The predicted octanol–water partition coefficient (Wildman–Crippen LogP) is 4.68. The smallest absolute Gasteiger partial charge is 0.341 e. The summed E-state index contributed by atoms with van der Waals surface area (Å²) in [7, 11) is 0.